The molecular formula is C22H26ClNO4. The minimum Gasteiger partial charge on any atom is -0.490 e. The van der Waals surface area contributed by atoms with E-state index in [4.69, 9.17) is 21.1 Å². The molecule has 2 aromatic carbocycles. The molecule has 1 aliphatic heterocycles. The van der Waals surface area contributed by atoms with Gasteiger partial charge in [-0.25, -0.2) is 0 Å². The molecule has 2 unspecified atom stereocenters. The van der Waals surface area contributed by atoms with Crippen molar-refractivity contribution in [3.05, 3.63) is 64.7 Å². The third kappa shape index (κ3) is 6.31. The summed E-state index contributed by atoms with van der Waals surface area (Å²) < 4.78 is 11.4. The summed E-state index contributed by atoms with van der Waals surface area (Å²) in [6.45, 7) is 2.82. The second kappa shape index (κ2) is 10.6. The van der Waals surface area contributed by atoms with Crippen LogP contribution in [0.25, 0.3) is 0 Å². The maximum atomic E-state index is 11.1. The Morgan fingerprint density at radius 1 is 1.25 bits per heavy atom. The number of ether oxygens (including phenoxy) is 2. The van der Waals surface area contributed by atoms with E-state index in [0.29, 0.717) is 29.4 Å². The summed E-state index contributed by atoms with van der Waals surface area (Å²) >= 11 is 5.98. The number of para-hydroxylation sites is 1. The first kappa shape index (κ1) is 20.8. The average molecular weight is 404 g/mol. The van der Waals surface area contributed by atoms with Gasteiger partial charge in [0.1, 0.15) is 18.5 Å². The van der Waals surface area contributed by atoms with Crippen molar-refractivity contribution in [2.75, 3.05) is 26.3 Å². The SMILES string of the molecule is O=Cc1ccccc1OCC(O)CN(Cc1ccc(Cl)cc1)CC1CCCO1. The van der Waals surface area contributed by atoms with Gasteiger partial charge in [0.05, 0.1) is 11.7 Å². The number of carbonyl (C=O) groups excluding carboxylic acids is 1. The molecule has 1 aliphatic rings. The minimum atomic E-state index is -0.687. The maximum absolute atomic E-state index is 11.1. The smallest absolute Gasteiger partial charge is 0.153 e. The van der Waals surface area contributed by atoms with E-state index in [1.54, 1.807) is 24.3 Å². The highest BCUT2D eigenvalue weighted by molar-refractivity contribution is 6.30. The largest absolute Gasteiger partial charge is 0.490 e. The summed E-state index contributed by atoms with van der Waals surface area (Å²) in [6.07, 6.45) is 2.38. The van der Waals surface area contributed by atoms with Crippen LogP contribution >= 0.6 is 11.6 Å². The zero-order chi connectivity index (χ0) is 19.8. The second-order valence-electron chi connectivity index (χ2n) is 7.08. The standard InChI is InChI=1S/C22H26ClNO4/c23-19-9-7-17(8-10-19)12-24(14-21-5-3-11-27-21)13-20(26)16-28-22-6-2-1-4-18(22)15-25/h1-2,4,6-10,15,20-21,26H,3,5,11-14,16H2. The predicted octanol–water partition coefficient (Wildman–Crippen LogP) is 3.57. The molecule has 1 heterocycles. The molecule has 2 aromatic rings. The Morgan fingerprint density at radius 3 is 2.75 bits per heavy atom. The zero-order valence-corrected chi connectivity index (χ0v) is 16.6. The summed E-state index contributed by atoms with van der Waals surface area (Å²) in [5.41, 5.74) is 1.61. The van der Waals surface area contributed by atoms with E-state index in [1.807, 2.05) is 24.3 Å². The van der Waals surface area contributed by atoms with Gasteiger partial charge in [-0.3, -0.25) is 9.69 Å². The van der Waals surface area contributed by atoms with E-state index in [2.05, 4.69) is 4.90 Å². The number of aliphatic hydroxyl groups is 1. The van der Waals surface area contributed by atoms with Gasteiger partial charge in [0.2, 0.25) is 0 Å². The van der Waals surface area contributed by atoms with Crippen molar-refractivity contribution in [1.82, 2.24) is 4.90 Å². The third-order valence-corrected chi connectivity index (χ3v) is 5.00. The third-order valence-electron chi connectivity index (χ3n) is 4.75. The fourth-order valence-electron chi connectivity index (χ4n) is 3.37. The van der Waals surface area contributed by atoms with E-state index < -0.39 is 6.10 Å². The molecule has 0 radical (unpaired) electrons. The van der Waals surface area contributed by atoms with E-state index in [9.17, 15) is 9.90 Å². The molecule has 2 atom stereocenters. The van der Waals surface area contributed by atoms with Crippen LogP contribution in [0.15, 0.2) is 48.5 Å². The van der Waals surface area contributed by atoms with Crippen molar-refractivity contribution in [3.8, 4) is 5.75 Å². The molecule has 0 saturated carbocycles. The van der Waals surface area contributed by atoms with Crippen molar-refractivity contribution in [1.29, 1.82) is 0 Å². The number of benzene rings is 2. The molecule has 0 spiro atoms. The van der Waals surface area contributed by atoms with Crippen LogP contribution in [-0.2, 0) is 11.3 Å². The fourth-order valence-corrected chi connectivity index (χ4v) is 3.50. The summed E-state index contributed by atoms with van der Waals surface area (Å²) in [5, 5.41) is 11.2. The Kier molecular flexibility index (Phi) is 7.86. The number of nitrogens with zero attached hydrogens (tertiary/aromatic N) is 1. The Hall–Kier alpha value is -1.92. The Bertz CT molecular complexity index is 746. The van der Waals surface area contributed by atoms with Crippen LogP contribution in [0.1, 0.15) is 28.8 Å². The average Bonchev–Trinajstić information content (AvgIpc) is 3.21. The van der Waals surface area contributed by atoms with Crippen LogP contribution in [0, 0.1) is 0 Å². The van der Waals surface area contributed by atoms with Crippen molar-refractivity contribution < 1.29 is 19.4 Å². The summed E-state index contributed by atoms with van der Waals surface area (Å²) in [7, 11) is 0. The van der Waals surface area contributed by atoms with Gasteiger partial charge in [0.25, 0.3) is 0 Å². The van der Waals surface area contributed by atoms with Crippen LogP contribution in [0.5, 0.6) is 5.75 Å². The highest BCUT2D eigenvalue weighted by atomic mass is 35.5. The minimum absolute atomic E-state index is 0.119. The van der Waals surface area contributed by atoms with Crippen molar-refractivity contribution in [2.24, 2.45) is 0 Å². The molecule has 0 bridgehead atoms. The molecule has 0 amide bonds. The lowest BCUT2D eigenvalue weighted by molar-refractivity contribution is 0.0312. The maximum Gasteiger partial charge on any atom is 0.153 e. The predicted molar refractivity (Wildman–Crippen MR) is 109 cm³/mol. The normalized spacial score (nSPS) is 17.6. The lowest BCUT2D eigenvalue weighted by Gasteiger charge is -2.27. The van der Waals surface area contributed by atoms with Gasteiger partial charge in [-0.15, -0.1) is 0 Å². The van der Waals surface area contributed by atoms with Crippen LogP contribution in [-0.4, -0.2) is 54.8 Å². The van der Waals surface area contributed by atoms with Gasteiger partial charge in [0.15, 0.2) is 6.29 Å². The summed E-state index contributed by atoms with van der Waals surface area (Å²) in [5.74, 6) is 0.486. The van der Waals surface area contributed by atoms with Gasteiger partial charge < -0.3 is 14.6 Å². The Balaban J connectivity index is 1.58. The number of hydrogen-bond donors (Lipinski definition) is 1. The van der Waals surface area contributed by atoms with E-state index >= 15 is 0 Å². The molecule has 0 aliphatic carbocycles. The molecule has 28 heavy (non-hydrogen) atoms. The van der Waals surface area contributed by atoms with Crippen LogP contribution in [0.3, 0.4) is 0 Å². The number of rotatable bonds is 10. The highest BCUT2D eigenvalue weighted by Crippen LogP contribution is 2.18. The first-order valence-electron chi connectivity index (χ1n) is 9.57. The number of hydrogen-bond acceptors (Lipinski definition) is 5. The monoisotopic (exact) mass is 403 g/mol. The highest BCUT2D eigenvalue weighted by Gasteiger charge is 2.21. The molecule has 6 heteroatoms. The van der Waals surface area contributed by atoms with E-state index in [1.165, 1.54) is 0 Å². The summed E-state index contributed by atoms with van der Waals surface area (Å²) in [4.78, 5) is 13.3. The number of aldehydes is 1. The van der Waals surface area contributed by atoms with Gasteiger partial charge in [-0.05, 0) is 42.7 Å². The first-order valence-corrected chi connectivity index (χ1v) is 9.95. The first-order chi connectivity index (χ1) is 13.6. The van der Waals surface area contributed by atoms with Gasteiger partial charge in [-0.1, -0.05) is 35.9 Å². The number of halogens is 1. The Labute approximate surface area is 170 Å². The molecular weight excluding hydrogens is 378 g/mol. The number of carbonyl (C=O) groups is 1. The molecule has 3 rings (SSSR count). The van der Waals surface area contributed by atoms with Crippen molar-refractivity contribution in [2.45, 2.75) is 31.6 Å². The van der Waals surface area contributed by atoms with Gasteiger partial charge >= 0.3 is 0 Å². The van der Waals surface area contributed by atoms with E-state index in [0.717, 1.165) is 37.8 Å². The fraction of sp³-hybridized carbons (Fsp3) is 0.409. The number of aliphatic hydroxyl groups excluding tert-OH is 1. The molecule has 0 aromatic heterocycles. The zero-order valence-electron chi connectivity index (χ0n) is 15.8. The molecule has 150 valence electrons. The lowest BCUT2D eigenvalue weighted by Crippen LogP contribution is -2.39. The Morgan fingerprint density at radius 2 is 2.04 bits per heavy atom. The van der Waals surface area contributed by atoms with Crippen LogP contribution in [0.4, 0.5) is 0 Å². The summed E-state index contributed by atoms with van der Waals surface area (Å²) in [6, 6.07) is 14.7. The molecule has 1 fully saturated rings. The van der Waals surface area contributed by atoms with Crippen molar-refractivity contribution >= 4 is 17.9 Å². The van der Waals surface area contributed by atoms with Gasteiger partial charge in [0, 0.05) is 31.3 Å². The van der Waals surface area contributed by atoms with Crippen LogP contribution in [0.2, 0.25) is 5.02 Å². The molecule has 1 N–H and O–H groups in total. The lowest BCUT2D eigenvalue weighted by atomic mass is 10.1. The topological polar surface area (TPSA) is 59.0 Å². The molecule has 5 nitrogen and oxygen atoms in total. The molecule has 1 saturated heterocycles. The van der Waals surface area contributed by atoms with Gasteiger partial charge in [-0.2, -0.15) is 0 Å². The second-order valence-corrected chi connectivity index (χ2v) is 7.51. The quantitative estimate of drug-likeness (QED) is 0.614. The van der Waals surface area contributed by atoms with Crippen molar-refractivity contribution in [3.63, 3.8) is 0 Å². The van der Waals surface area contributed by atoms with Crippen LogP contribution < -0.4 is 4.74 Å². The van der Waals surface area contributed by atoms with E-state index in [-0.39, 0.29) is 12.7 Å².